The molecule has 0 spiro atoms. The van der Waals surface area contributed by atoms with E-state index >= 15 is 0 Å². The zero-order chi connectivity index (χ0) is 15.2. The van der Waals surface area contributed by atoms with Gasteiger partial charge in [0, 0.05) is 37.6 Å². The summed E-state index contributed by atoms with van der Waals surface area (Å²) >= 11 is 0. The molecule has 0 atom stereocenters. The molecule has 0 aromatic heterocycles. The molecule has 21 heavy (non-hydrogen) atoms. The number of anilines is 2. The van der Waals surface area contributed by atoms with Crippen LogP contribution in [0, 0.1) is 0 Å². The summed E-state index contributed by atoms with van der Waals surface area (Å²) in [7, 11) is 7.41. The molecule has 2 aromatic carbocycles. The summed E-state index contributed by atoms with van der Waals surface area (Å²) in [5, 5.41) is 3.42. The summed E-state index contributed by atoms with van der Waals surface area (Å²) < 4.78 is 10.7. The van der Waals surface area contributed by atoms with E-state index in [1.54, 1.807) is 14.2 Å². The van der Waals surface area contributed by atoms with Gasteiger partial charge in [-0.2, -0.15) is 0 Å². The van der Waals surface area contributed by atoms with E-state index in [0.717, 1.165) is 28.4 Å². The van der Waals surface area contributed by atoms with Gasteiger partial charge in [0.2, 0.25) is 0 Å². The molecule has 2 aromatic rings. The summed E-state index contributed by atoms with van der Waals surface area (Å²) in [6.07, 6.45) is 0. The van der Waals surface area contributed by atoms with Crippen LogP contribution in [0.3, 0.4) is 0 Å². The Balaban J connectivity index is 2.14. The van der Waals surface area contributed by atoms with E-state index in [-0.39, 0.29) is 0 Å². The molecule has 2 rings (SSSR count). The Bertz CT molecular complexity index is 597. The van der Waals surface area contributed by atoms with E-state index in [4.69, 9.17) is 9.47 Å². The molecular weight excluding hydrogens is 264 g/mol. The maximum absolute atomic E-state index is 5.39. The van der Waals surface area contributed by atoms with E-state index < -0.39 is 0 Å². The van der Waals surface area contributed by atoms with Crippen molar-refractivity contribution >= 4 is 11.4 Å². The minimum absolute atomic E-state index is 0.678. The first-order valence-corrected chi connectivity index (χ1v) is 6.86. The standard InChI is InChI=1S/C17H22N2O2/c1-19(2)15-7-5-6-14(11-15)18-12-13-10-16(20-3)8-9-17(13)21-4/h5-11,18H,12H2,1-4H3. The quantitative estimate of drug-likeness (QED) is 0.882. The number of nitrogens with zero attached hydrogens (tertiary/aromatic N) is 1. The van der Waals surface area contributed by atoms with Gasteiger partial charge in [-0.1, -0.05) is 6.07 Å². The number of hydrogen-bond donors (Lipinski definition) is 1. The average molecular weight is 286 g/mol. The van der Waals surface area contributed by atoms with Crippen LogP contribution in [0.15, 0.2) is 42.5 Å². The summed E-state index contributed by atoms with van der Waals surface area (Å²) in [5.41, 5.74) is 3.30. The van der Waals surface area contributed by atoms with Gasteiger partial charge in [-0.25, -0.2) is 0 Å². The zero-order valence-corrected chi connectivity index (χ0v) is 13.0. The highest BCUT2D eigenvalue weighted by Crippen LogP contribution is 2.25. The number of ether oxygens (including phenoxy) is 2. The van der Waals surface area contributed by atoms with Crippen molar-refractivity contribution in [3.8, 4) is 11.5 Å². The van der Waals surface area contributed by atoms with Gasteiger partial charge in [-0.05, 0) is 36.4 Å². The molecule has 0 aliphatic heterocycles. The van der Waals surface area contributed by atoms with Crippen LogP contribution in [0.25, 0.3) is 0 Å². The van der Waals surface area contributed by atoms with Gasteiger partial charge in [-0.3, -0.25) is 0 Å². The van der Waals surface area contributed by atoms with Crippen LogP contribution in [0.4, 0.5) is 11.4 Å². The Kier molecular flexibility index (Phi) is 4.93. The minimum atomic E-state index is 0.678. The molecule has 0 aliphatic carbocycles. The van der Waals surface area contributed by atoms with Crippen molar-refractivity contribution in [3.05, 3.63) is 48.0 Å². The number of methoxy groups -OCH3 is 2. The summed E-state index contributed by atoms with van der Waals surface area (Å²) in [6, 6.07) is 14.1. The Morgan fingerprint density at radius 1 is 1.00 bits per heavy atom. The summed E-state index contributed by atoms with van der Waals surface area (Å²) in [4.78, 5) is 2.08. The molecule has 0 amide bonds. The maximum Gasteiger partial charge on any atom is 0.124 e. The van der Waals surface area contributed by atoms with Crippen molar-refractivity contribution in [1.29, 1.82) is 0 Å². The third-order valence-corrected chi connectivity index (χ3v) is 3.33. The van der Waals surface area contributed by atoms with Crippen molar-refractivity contribution in [2.24, 2.45) is 0 Å². The SMILES string of the molecule is COc1ccc(OC)c(CNc2cccc(N(C)C)c2)c1. The summed E-state index contributed by atoms with van der Waals surface area (Å²) in [5.74, 6) is 1.68. The van der Waals surface area contributed by atoms with Crippen LogP contribution in [-0.4, -0.2) is 28.3 Å². The molecule has 0 heterocycles. The molecule has 4 heteroatoms. The third kappa shape index (κ3) is 3.81. The zero-order valence-electron chi connectivity index (χ0n) is 13.0. The molecule has 0 radical (unpaired) electrons. The second kappa shape index (κ2) is 6.88. The fraction of sp³-hybridized carbons (Fsp3) is 0.294. The van der Waals surface area contributed by atoms with E-state index in [1.807, 2.05) is 38.4 Å². The van der Waals surface area contributed by atoms with E-state index in [9.17, 15) is 0 Å². The highest BCUT2D eigenvalue weighted by molar-refractivity contribution is 5.58. The van der Waals surface area contributed by atoms with Gasteiger partial charge < -0.3 is 19.7 Å². The van der Waals surface area contributed by atoms with Crippen LogP contribution in [0.2, 0.25) is 0 Å². The first-order valence-electron chi connectivity index (χ1n) is 6.86. The fourth-order valence-electron chi connectivity index (χ4n) is 2.11. The predicted molar refractivity (Wildman–Crippen MR) is 87.6 cm³/mol. The lowest BCUT2D eigenvalue weighted by Gasteiger charge is -2.15. The molecular formula is C17H22N2O2. The molecule has 112 valence electrons. The maximum atomic E-state index is 5.39. The first kappa shape index (κ1) is 15.0. The number of rotatable bonds is 6. The molecule has 0 saturated heterocycles. The van der Waals surface area contributed by atoms with E-state index in [2.05, 4.69) is 28.4 Å². The van der Waals surface area contributed by atoms with Crippen molar-refractivity contribution in [3.63, 3.8) is 0 Å². The van der Waals surface area contributed by atoms with Crippen LogP contribution in [-0.2, 0) is 6.54 Å². The topological polar surface area (TPSA) is 33.7 Å². The molecule has 4 nitrogen and oxygen atoms in total. The fourth-order valence-corrected chi connectivity index (χ4v) is 2.11. The number of benzene rings is 2. The third-order valence-electron chi connectivity index (χ3n) is 3.33. The normalized spacial score (nSPS) is 10.1. The predicted octanol–water partition coefficient (Wildman–Crippen LogP) is 3.38. The first-order chi connectivity index (χ1) is 10.1. The van der Waals surface area contributed by atoms with Gasteiger partial charge in [0.05, 0.1) is 14.2 Å². The van der Waals surface area contributed by atoms with Crippen LogP contribution in [0.1, 0.15) is 5.56 Å². The molecule has 0 fully saturated rings. The smallest absolute Gasteiger partial charge is 0.124 e. The molecule has 0 aliphatic rings. The Morgan fingerprint density at radius 3 is 2.48 bits per heavy atom. The van der Waals surface area contributed by atoms with Crippen molar-refractivity contribution in [2.45, 2.75) is 6.54 Å². The lowest BCUT2D eigenvalue weighted by molar-refractivity contribution is 0.399. The van der Waals surface area contributed by atoms with Gasteiger partial charge in [-0.15, -0.1) is 0 Å². The van der Waals surface area contributed by atoms with E-state index in [0.29, 0.717) is 6.54 Å². The van der Waals surface area contributed by atoms with Crippen LogP contribution < -0.4 is 19.7 Å². The van der Waals surface area contributed by atoms with Crippen LogP contribution >= 0.6 is 0 Å². The molecule has 0 saturated carbocycles. The molecule has 0 bridgehead atoms. The van der Waals surface area contributed by atoms with Gasteiger partial charge in [0.1, 0.15) is 11.5 Å². The van der Waals surface area contributed by atoms with Crippen molar-refractivity contribution in [2.75, 3.05) is 38.5 Å². The molecule has 1 N–H and O–H groups in total. The lowest BCUT2D eigenvalue weighted by Crippen LogP contribution is -2.09. The largest absolute Gasteiger partial charge is 0.497 e. The number of hydrogen-bond acceptors (Lipinski definition) is 4. The Labute approximate surface area is 126 Å². The Morgan fingerprint density at radius 2 is 1.81 bits per heavy atom. The minimum Gasteiger partial charge on any atom is -0.497 e. The second-order valence-electron chi connectivity index (χ2n) is 4.98. The average Bonchev–Trinajstić information content (AvgIpc) is 2.52. The van der Waals surface area contributed by atoms with Gasteiger partial charge >= 0.3 is 0 Å². The Hall–Kier alpha value is -2.36. The highest BCUT2D eigenvalue weighted by Gasteiger charge is 2.05. The molecule has 0 unspecified atom stereocenters. The lowest BCUT2D eigenvalue weighted by atomic mass is 10.1. The van der Waals surface area contributed by atoms with Crippen molar-refractivity contribution in [1.82, 2.24) is 0 Å². The number of nitrogens with one attached hydrogen (secondary N) is 1. The van der Waals surface area contributed by atoms with Crippen molar-refractivity contribution < 1.29 is 9.47 Å². The van der Waals surface area contributed by atoms with Crippen LogP contribution in [0.5, 0.6) is 11.5 Å². The highest BCUT2D eigenvalue weighted by atomic mass is 16.5. The summed E-state index contributed by atoms with van der Waals surface area (Å²) in [6.45, 7) is 0.678. The van der Waals surface area contributed by atoms with Gasteiger partial charge in [0.15, 0.2) is 0 Å². The van der Waals surface area contributed by atoms with Gasteiger partial charge in [0.25, 0.3) is 0 Å². The second-order valence-corrected chi connectivity index (χ2v) is 4.98. The monoisotopic (exact) mass is 286 g/mol. The van der Waals surface area contributed by atoms with E-state index in [1.165, 1.54) is 0 Å².